The molecule has 1 aliphatic rings. The van der Waals surface area contributed by atoms with Crippen LogP contribution in [0.25, 0.3) is 11.1 Å². The van der Waals surface area contributed by atoms with Gasteiger partial charge in [-0.3, -0.25) is 9.59 Å². The van der Waals surface area contributed by atoms with Crippen molar-refractivity contribution in [2.24, 2.45) is 0 Å². The molecule has 0 unspecified atom stereocenters. The van der Waals surface area contributed by atoms with E-state index in [0.717, 1.165) is 19.3 Å². The molecule has 29 heavy (non-hydrogen) atoms. The molecular weight excluding hydrogens is 371 g/mol. The number of hydrogen-bond donors (Lipinski definition) is 2. The van der Waals surface area contributed by atoms with E-state index in [4.69, 9.17) is 4.74 Å². The molecule has 0 saturated carbocycles. The largest absolute Gasteiger partial charge is 0.483 e. The van der Waals surface area contributed by atoms with Crippen LogP contribution in [0.3, 0.4) is 0 Å². The van der Waals surface area contributed by atoms with E-state index in [0.29, 0.717) is 23.4 Å². The maximum absolute atomic E-state index is 14.3. The molecule has 152 valence electrons. The van der Waals surface area contributed by atoms with Crippen LogP contribution in [0.4, 0.5) is 4.39 Å². The van der Waals surface area contributed by atoms with Crippen LogP contribution in [0.2, 0.25) is 0 Å². The summed E-state index contributed by atoms with van der Waals surface area (Å²) in [6.45, 7) is 0.335. The van der Waals surface area contributed by atoms with E-state index >= 15 is 0 Å². The van der Waals surface area contributed by atoms with Crippen molar-refractivity contribution in [3.05, 3.63) is 65.5 Å². The molecule has 6 heteroatoms. The van der Waals surface area contributed by atoms with Gasteiger partial charge in [-0.25, -0.2) is 4.39 Å². The van der Waals surface area contributed by atoms with Gasteiger partial charge in [0.15, 0.2) is 6.61 Å². The summed E-state index contributed by atoms with van der Waals surface area (Å²) in [5.74, 6) is -0.650. The van der Waals surface area contributed by atoms with E-state index in [9.17, 15) is 14.0 Å². The number of para-hydroxylation sites is 1. The third-order valence-corrected chi connectivity index (χ3v) is 4.86. The molecule has 0 fully saturated rings. The Kier molecular flexibility index (Phi) is 7.00. The third-order valence-electron chi connectivity index (χ3n) is 4.86. The second-order valence-corrected chi connectivity index (χ2v) is 6.98. The molecule has 2 aromatic rings. The lowest BCUT2D eigenvalue weighted by Crippen LogP contribution is -2.26. The summed E-state index contributed by atoms with van der Waals surface area (Å²) in [5.41, 5.74) is 2.59. The summed E-state index contributed by atoms with van der Waals surface area (Å²) >= 11 is 0. The van der Waals surface area contributed by atoms with E-state index in [1.54, 1.807) is 30.3 Å². The van der Waals surface area contributed by atoms with Crippen LogP contribution in [0, 0.1) is 5.82 Å². The van der Waals surface area contributed by atoms with Gasteiger partial charge in [-0.15, -0.1) is 0 Å². The van der Waals surface area contributed by atoms with Crippen LogP contribution in [0.15, 0.2) is 54.1 Å². The van der Waals surface area contributed by atoms with Crippen LogP contribution in [0.5, 0.6) is 5.75 Å². The Bertz CT molecular complexity index is 924. The van der Waals surface area contributed by atoms with E-state index in [-0.39, 0.29) is 24.0 Å². The molecule has 5 nitrogen and oxygen atoms in total. The maximum Gasteiger partial charge on any atom is 0.257 e. The molecular formula is C23H25FN2O3. The summed E-state index contributed by atoms with van der Waals surface area (Å²) in [4.78, 5) is 24.1. The average Bonchev–Trinajstić information content (AvgIpc) is 2.76. The topological polar surface area (TPSA) is 67.4 Å². The lowest BCUT2D eigenvalue weighted by atomic mass is 9.99. The molecule has 2 aromatic carbocycles. The fourth-order valence-corrected chi connectivity index (χ4v) is 3.28. The second kappa shape index (κ2) is 9.87. The van der Waals surface area contributed by atoms with Crippen LogP contribution in [-0.4, -0.2) is 32.0 Å². The van der Waals surface area contributed by atoms with Gasteiger partial charge in [0.2, 0.25) is 0 Å². The van der Waals surface area contributed by atoms with Gasteiger partial charge < -0.3 is 15.4 Å². The van der Waals surface area contributed by atoms with Gasteiger partial charge in [0.1, 0.15) is 11.6 Å². The van der Waals surface area contributed by atoms with E-state index in [2.05, 4.69) is 16.7 Å². The molecule has 2 N–H and O–H groups in total. The fourth-order valence-electron chi connectivity index (χ4n) is 3.28. The number of carbonyl (C=O) groups excluding carboxylic acids is 2. The maximum atomic E-state index is 14.3. The van der Waals surface area contributed by atoms with Crippen molar-refractivity contribution in [2.45, 2.75) is 25.7 Å². The number of hydrogen-bond acceptors (Lipinski definition) is 3. The summed E-state index contributed by atoms with van der Waals surface area (Å²) < 4.78 is 19.8. The predicted octanol–water partition coefficient (Wildman–Crippen LogP) is 3.85. The Balaban J connectivity index is 1.79. The van der Waals surface area contributed by atoms with Crippen molar-refractivity contribution in [3.8, 4) is 16.9 Å². The SMILES string of the molecule is CNC(=O)COc1ccccc1-c1cc(F)cc(C(=O)NCC2=CCCCC2)c1. The normalized spacial score (nSPS) is 13.4. The highest BCUT2D eigenvalue weighted by molar-refractivity contribution is 5.95. The van der Waals surface area contributed by atoms with Gasteiger partial charge >= 0.3 is 0 Å². The lowest BCUT2D eigenvalue weighted by Gasteiger charge is -2.14. The minimum Gasteiger partial charge on any atom is -0.483 e. The zero-order valence-corrected chi connectivity index (χ0v) is 16.5. The Hall–Kier alpha value is -3.15. The summed E-state index contributed by atoms with van der Waals surface area (Å²) in [5, 5.41) is 5.37. The molecule has 1 aliphatic carbocycles. The number of carbonyl (C=O) groups is 2. The minimum atomic E-state index is -0.509. The third kappa shape index (κ3) is 5.67. The van der Waals surface area contributed by atoms with Crippen molar-refractivity contribution in [2.75, 3.05) is 20.2 Å². The number of benzene rings is 2. The van der Waals surface area contributed by atoms with Crippen LogP contribution >= 0.6 is 0 Å². The van der Waals surface area contributed by atoms with E-state index in [1.165, 1.54) is 31.2 Å². The number of amides is 2. The summed E-state index contributed by atoms with van der Waals surface area (Å²) in [6, 6.07) is 11.2. The number of nitrogens with one attached hydrogen (secondary N) is 2. The Morgan fingerprint density at radius 1 is 1.14 bits per heavy atom. The Morgan fingerprint density at radius 3 is 2.72 bits per heavy atom. The smallest absolute Gasteiger partial charge is 0.257 e. The molecule has 3 rings (SSSR count). The van der Waals surface area contributed by atoms with Crippen molar-refractivity contribution >= 4 is 11.8 Å². The summed E-state index contributed by atoms with van der Waals surface area (Å²) in [7, 11) is 1.53. The molecule has 0 aliphatic heterocycles. The Morgan fingerprint density at radius 2 is 1.97 bits per heavy atom. The molecule has 2 amide bonds. The van der Waals surface area contributed by atoms with Crippen molar-refractivity contribution in [1.29, 1.82) is 0 Å². The molecule has 0 spiro atoms. The fraction of sp³-hybridized carbons (Fsp3) is 0.304. The zero-order valence-electron chi connectivity index (χ0n) is 16.5. The van der Waals surface area contributed by atoms with Crippen LogP contribution < -0.4 is 15.4 Å². The zero-order chi connectivity index (χ0) is 20.6. The molecule has 0 bridgehead atoms. The molecule has 0 radical (unpaired) electrons. The first-order chi connectivity index (χ1) is 14.1. The monoisotopic (exact) mass is 396 g/mol. The van der Waals surface area contributed by atoms with Crippen LogP contribution in [-0.2, 0) is 4.79 Å². The quantitative estimate of drug-likeness (QED) is 0.699. The van der Waals surface area contributed by atoms with Gasteiger partial charge in [0.25, 0.3) is 11.8 Å². The molecule has 0 atom stereocenters. The first-order valence-corrected chi connectivity index (χ1v) is 9.76. The highest BCUT2D eigenvalue weighted by Crippen LogP contribution is 2.31. The minimum absolute atomic E-state index is 0.148. The summed E-state index contributed by atoms with van der Waals surface area (Å²) in [6.07, 6.45) is 6.53. The Labute approximate surface area is 170 Å². The van der Waals surface area contributed by atoms with Gasteiger partial charge in [-0.2, -0.15) is 0 Å². The van der Waals surface area contributed by atoms with Gasteiger partial charge in [-0.05, 0) is 55.5 Å². The van der Waals surface area contributed by atoms with E-state index < -0.39 is 5.82 Å². The first kappa shape index (κ1) is 20.6. The number of ether oxygens (including phenoxy) is 1. The first-order valence-electron chi connectivity index (χ1n) is 9.76. The number of rotatable bonds is 7. The molecule has 0 aromatic heterocycles. The molecule has 0 saturated heterocycles. The van der Waals surface area contributed by atoms with Crippen molar-refractivity contribution < 1.29 is 18.7 Å². The molecule has 0 heterocycles. The lowest BCUT2D eigenvalue weighted by molar-refractivity contribution is -0.122. The number of halogens is 1. The highest BCUT2D eigenvalue weighted by Gasteiger charge is 2.14. The van der Waals surface area contributed by atoms with E-state index in [1.807, 2.05) is 0 Å². The second-order valence-electron chi connectivity index (χ2n) is 6.98. The highest BCUT2D eigenvalue weighted by atomic mass is 19.1. The van der Waals surface area contributed by atoms with Gasteiger partial charge in [0, 0.05) is 24.7 Å². The number of likely N-dealkylation sites (N-methyl/N-ethyl adjacent to an activating group) is 1. The van der Waals surface area contributed by atoms with Crippen molar-refractivity contribution in [1.82, 2.24) is 10.6 Å². The predicted molar refractivity (Wildman–Crippen MR) is 110 cm³/mol. The number of allylic oxidation sites excluding steroid dienone is 1. The average molecular weight is 396 g/mol. The van der Waals surface area contributed by atoms with Crippen LogP contribution in [0.1, 0.15) is 36.0 Å². The van der Waals surface area contributed by atoms with Gasteiger partial charge in [0.05, 0.1) is 0 Å². The van der Waals surface area contributed by atoms with Gasteiger partial charge in [-0.1, -0.05) is 29.8 Å². The van der Waals surface area contributed by atoms with Crippen molar-refractivity contribution in [3.63, 3.8) is 0 Å². The standard InChI is InChI=1S/C23H25FN2O3/c1-25-22(27)15-29-21-10-6-5-9-20(21)17-11-18(13-19(24)12-17)23(28)26-14-16-7-3-2-4-8-16/h5-7,9-13H,2-4,8,14-15H2,1H3,(H,25,27)(H,26,28).